The van der Waals surface area contributed by atoms with Crippen LogP contribution < -0.4 is 15.0 Å². The summed E-state index contributed by atoms with van der Waals surface area (Å²) in [5, 5.41) is 3.44. The number of carbonyl (C=O) groups is 2. The van der Waals surface area contributed by atoms with E-state index in [4.69, 9.17) is 16.3 Å². The number of hydrogen-bond acceptors (Lipinski definition) is 3. The van der Waals surface area contributed by atoms with E-state index in [9.17, 15) is 9.59 Å². The number of anilines is 2. The largest absolute Gasteiger partial charge is 0.484 e. The van der Waals surface area contributed by atoms with Crippen molar-refractivity contribution in [3.63, 3.8) is 0 Å². The van der Waals surface area contributed by atoms with Gasteiger partial charge in [-0.1, -0.05) is 11.6 Å². The van der Waals surface area contributed by atoms with E-state index in [0.29, 0.717) is 22.9 Å². The molecular weight excluding hydrogens is 390 g/mol. The molecule has 0 aliphatic carbocycles. The minimum absolute atomic E-state index is 0.129. The van der Waals surface area contributed by atoms with Crippen LogP contribution in [0.4, 0.5) is 11.4 Å². The first-order chi connectivity index (χ1) is 14.1. The summed E-state index contributed by atoms with van der Waals surface area (Å²) in [7, 11) is 0. The predicted molar refractivity (Wildman–Crippen MR) is 113 cm³/mol. The van der Waals surface area contributed by atoms with E-state index in [-0.39, 0.29) is 18.4 Å². The molecule has 0 unspecified atom stereocenters. The van der Waals surface area contributed by atoms with Gasteiger partial charge in [-0.05, 0) is 61.0 Å². The molecule has 1 N–H and O–H groups in total. The van der Waals surface area contributed by atoms with E-state index >= 15 is 0 Å². The molecule has 1 aliphatic rings. The first kappa shape index (κ1) is 19.1. The molecule has 2 amide bonds. The van der Waals surface area contributed by atoms with Gasteiger partial charge in [0.2, 0.25) is 5.91 Å². The average Bonchev–Trinajstić information content (AvgIpc) is 3.40. The van der Waals surface area contributed by atoms with Crippen molar-refractivity contribution in [1.82, 2.24) is 4.57 Å². The van der Waals surface area contributed by atoms with Gasteiger partial charge in [0.1, 0.15) is 5.75 Å². The van der Waals surface area contributed by atoms with Crippen molar-refractivity contribution in [3.8, 4) is 11.4 Å². The molecule has 4 rings (SSSR count). The smallest absolute Gasteiger partial charge is 0.262 e. The third kappa shape index (κ3) is 4.43. The summed E-state index contributed by atoms with van der Waals surface area (Å²) in [5.74, 6) is 0.427. The molecule has 1 saturated heterocycles. The maximum Gasteiger partial charge on any atom is 0.262 e. The first-order valence-corrected chi connectivity index (χ1v) is 9.74. The number of ether oxygens (including phenoxy) is 1. The fraction of sp³-hybridized carbons (Fsp3) is 0.182. The van der Waals surface area contributed by atoms with Crippen LogP contribution in [0, 0.1) is 0 Å². The Morgan fingerprint density at radius 3 is 2.55 bits per heavy atom. The normalized spacial score (nSPS) is 13.6. The van der Waals surface area contributed by atoms with Crippen LogP contribution in [0.25, 0.3) is 5.69 Å². The van der Waals surface area contributed by atoms with Crippen molar-refractivity contribution in [2.24, 2.45) is 0 Å². The van der Waals surface area contributed by atoms with Gasteiger partial charge in [-0.3, -0.25) is 9.59 Å². The van der Waals surface area contributed by atoms with Crippen molar-refractivity contribution in [3.05, 3.63) is 72.0 Å². The zero-order valence-electron chi connectivity index (χ0n) is 15.7. The van der Waals surface area contributed by atoms with Gasteiger partial charge in [0, 0.05) is 36.1 Å². The molecule has 0 radical (unpaired) electrons. The van der Waals surface area contributed by atoms with E-state index in [2.05, 4.69) is 5.32 Å². The number of nitrogens with zero attached hydrogens (tertiary/aromatic N) is 2. The van der Waals surface area contributed by atoms with Crippen molar-refractivity contribution in [1.29, 1.82) is 0 Å². The fourth-order valence-electron chi connectivity index (χ4n) is 3.30. The van der Waals surface area contributed by atoms with Crippen LogP contribution in [-0.4, -0.2) is 29.5 Å². The quantitative estimate of drug-likeness (QED) is 0.661. The third-order valence-electron chi connectivity index (χ3n) is 4.71. The van der Waals surface area contributed by atoms with Crippen LogP contribution in [0.3, 0.4) is 0 Å². The Morgan fingerprint density at radius 2 is 1.86 bits per heavy atom. The molecule has 1 aliphatic heterocycles. The molecule has 2 heterocycles. The lowest BCUT2D eigenvalue weighted by molar-refractivity contribution is -0.118. The van der Waals surface area contributed by atoms with Crippen LogP contribution in [-0.2, 0) is 9.59 Å². The Morgan fingerprint density at radius 1 is 1.10 bits per heavy atom. The summed E-state index contributed by atoms with van der Waals surface area (Å²) in [6.45, 7) is 0.613. The Bertz CT molecular complexity index is 1020. The maximum atomic E-state index is 12.4. The van der Waals surface area contributed by atoms with Crippen molar-refractivity contribution >= 4 is 34.8 Å². The number of rotatable bonds is 6. The SMILES string of the molecule is O=C(COc1ccc(N2CCCC2=O)cc1)Nc1ccc(Cl)cc1-n1cccc1. The molecule has 148 valence electrons. The molecule has 29 heavy (non-hydrogen) atoms. The zero-order chi connectivity index (χ0) is 20.2. The average molecular weight is 410 g/mol. The molecule has 2 aromatic carbocycles. The second-order valence-electron chi connectivity index (χ2n) is 6.73. The summed E-state index contributed by atoms with van der Waals surface area (Å²) < 4.78 is 7.47. The van der Waals surface area contributed by atoms with E-state index in [1.165, 1.54) is 0 Å². The number of hydrogen-bond donors (Lipinski definition) is 1. The number of carbonyl (C=O) groups excluding carboxylic acids is 2. The summed E-state index contributed by atoms with van der Waals surface area (Å²) in [6, 6.07) is 16.3. The minimum atomic E-state index is -0.278. The van der Waals surface area contributed by atoms with Gasteiger partial charge < -0.3 is 19.5 Å². The summed E-state index contributed by atoms with van der Waals surface area (Å²) in [6.07, 6.45) is 5.23. The van der Waals surface area contributed by atoms with Gasteiger partial charge >= 0.3 is 0 Å². The van der Waals surface area contributed by atoms with E-state index in [0.717, 1.165) is 24.3 Å². The topological polar surface area (TPSA) is 63.6 Å². The fourth-order valence-corrected chi connectivity index (χ4v) is 3.46. The molecule has 1 fully saturated rings. The number of amides is 2. The lowest BCUT2D eigenvalue weighted by Gasteiger charge is -2.16. The molecule has 7 heteroatoms. The molecule has 0 atom stereocenters. The highest BCUT2D eigenvalue weighted by molar-refractivity contribution is 6.31. The molecular formula is C22H20ClN3O3. The molecule has 3 aromatic rings. The minimum Gasteiger partial charge on any atom is -0.484 e. The van der Waals surface area contributed by atoms with Gasteiger partial charge in [-0.25, -0.2) is 0 Å². The molecule has 1 aromatic heterocycles. The number of aromatic nitrogens is 1. The van der Waals surface area contributed by atoms with E-state index in [1.807, 2.05) is 41.2 Å². The zero-order valence-corrected chi connectivity index (χ0v) is 16.4. The highest BCUT2D eigenvalue weighted by Gasteiger charge is 2.21. The second-order valence-corrected chi connectivity index (χ2v) is 7.17. The number of halogens is 1. The van der Waals surface area contributed by atoms with Crippen LogP contribution in [0.1, 0.15) is 12.8 Å². The number of benzene rings is 2. The highest BCUT2D eigenvalue weighted by Crippen LogP contribution is 2.26. The van der Waals surface area contributed by atoms with E-state index < -0.39 is 0 Å². The van der Waals surface area contributed by atoms with Crippen molar-refractivity contribution < 1.29 is 14.3 Å². The standard InChI is InChI=1S/C22H20ClN3O3/c23-16-5-10-19(20(14-16)25-11-1-2-12-25)24-21(27)15-29-18-8-6-17(7-9-18)26-13-3-4-22(26)28/h1-2,5-12,14H,3-4,13,15H2,(H,24,27). The summed E-state index contributed by atoms with van der Waals surface area (Å²) >= 11 is 6.11. The van der Waals surface area contributed by atoms with Crippen LogP contribution >= 0.6 is 11.6 Å². The predicted octanol–water partition coefficient (Wildman–Crippen LogP) is 4.28. The van der Waals surface area contributed by atoms with Crippen molar-refractivity contribution in [2.75, 3.05) is 23.4 Å². The summed E-state index contributed by atoms with van der Waals surface area (Å²) in [4.78, 5) is 26.0. The van der Waals surface area contributed by atoms with Crippen LogP contribution in [0.5, 0.6) is 5.75 Å². The highest BCUT2D eigenvalue weighted by atomic mass is 35.5. The van der Waals surface area contributed by atoms with Gasteiger partial charge in [-0.2, -0.15) is 0 Å². The van der Waals surface area contributed by atoms with Crippen LogP contribution in [0.15, 0.2) is 67.0 Å². The van der Waals surface area contributed by atoms with Gasteiger partial charge in [0.25, 0.3) is 5.91 Å². The Hall–Kier alpha value is -3.25. The Labute approximate surface area is 173 Å². The van der Waals surface area contributed by atoms with Gasteiger partial charge in [0.05, 0.1) is 11.4 Å². The van der Waals surface area contributed by atoms with Gasteiger partial charge in [0.15, 0.2) is 6.61 Å². The maximum absolute atomic E-state index is 12.4. The molecule has 0 saturated carbocycles. The van der Waals surface area contributed by atoms with Crippen molar-refractivity contribution in [2.45, 2.75) is 12.8 Å². The summed E-state index contributed by atoms with van der Waals surface area (Å²) in [5.41, 5.74) is 2.26. The third-order valence-corrected chi connectivity index (χ3v) is 4.94. The first-order valence-electron chi connectivity index (χ1n) is 9.36. The van der Waals surface area contributed by atoms with E-state index in [1.54, 1.807) is 35.2 Å². The Balaban J connectivity index is 1.38. The molecule has 0 spiro atoms. The lowest BCUT2D eigenvalue weighted by atomic mass is 10.2. The lowest BCUT2D eigenvalue weighted by Crippen LogP contribution is -2.23. The molecule has 6 nitrogen and oxygen atoms in total. The second kappa shape index (κ2) is 8.41. The Kier molecular flexibility index (Phi) is 5.53. The van der Waals surface area contributed by atoms with Crippen LogP contribution in [0.2, 0.25) is 5.02 Å². The number of nitrogens with one attached hydrogen (secondary N) is 1. The molecule has 0 bridgehead atoms. The monoisotopic (exact) mass is 409 g/mol. The van der Waals surface area contributed by atoms with Gasteiger partial charge in [-0.15, -0.1) is 0 Å².